The van der Waals surface area contributed by atoms with Gasteiger partial charge in [0.2, 0.25) is 0 Å². The smallest absolute Gasteiger partial charge is 0.172 e. The third-order valence-electron chi connectivity index (χ3n) is 2.10. The fourth-order valence-electron chi connectivity index (χ4n) is 1.42. The Morgan fingerprint density at radius 3 is 2.92 bits per heavy atom. The molecule has 0 N–H and O–H groups in total. The SMILES string of the molecule is Fc1cc2c(c(F)c1CBr)OCC2. The number of hydrogen-bond acceptors (Lipinski definition) is 1. The lowest BCUT2D eigenvalue weighted by atomic mass is 10.1. The van der Waals surface area contributed by atoms with E-state index in [0.29, 0.717) is 18.6 Å². The van der Waals surface area contributed by atoms with E-state index in [-0.39, 0.29) is 16.6 Å². The van der Waals surface area contributed by atoms with Crippen LogP contribution in [0, 0.1) is 11.6 Å². The van der Waals surface area contributed by atoms with Crippen molar-refractivity contribution in [1.82, 2.24) is 0 Å². The van der Waals surface area contributed by atoms with Gasteiger partial charge in [0.05, 0.1) is 6.61 Å². The average molecular weight is 249 g/mol. The summed E-state index contributed by atoms with van der Waals surface area (Å²) in [4.78, 5) is 0. The molecule has 2 rings (SSSR count). The molecule has 0 fully saturated rings. The molecule has 0 radical (unpaired) electrons. The van der Waals surface area contributed by atoms with E-state index in [4.69, 9.17) is 4.74 Å². The van der Waals surface area contributed by atoms with Crippen LogP contribution >= 0.6 is 15.9 Å². The van der Waals surface area contributed by atoms with Crippen molar-refractivity contribution in [2.45, 2.75) is 11.8 Å². The van der Waals surface area contributed by atoms with Crippen LogP contribution in [0.1, 0.15) is 11.1 Å². The number of benzene rings is 1. The monoisotopic (exact) mass is 248 g/mol. The highest BCUT2D eigenvalue weighted by molar-refractivity contribution is 9.08. The second-order valence-corrected chi connectivity index (χ2v) is 3.43. The number of rotatable bonds is 1. The summed E-state index contributed by atoms with van der Waals surface area (Å²) in [5.41, 5.74) is 0.667. The normalized spacial score (nSPS) is 14.1. The van der Waals surface area contributed by atoms with Gasteiger partial charge in [-0.3, -0.25) is 0 Å². The maximum atomic E-state index is 13.4. The molecular formula is C9H7BrF2O. The molecule has 0 saturated carbocycles. The maximum Gasteiger partial charge on any atom is 0.172 e. The predicted molar refractivity (Wildman–Crippen MR) is 48.2 cm³/mol. The zero-order chi connectivity index (χ0) is 9.42. The van der Waals surface area contributed by atoms with Gasteiger partial charge >= 0.3 is 0 Å². The van der Waals surface area contributed by atoms with Gasteiger partial charge in [-0.05, 0) is 6.07 Å². The molecule has 4 heteroatoms. The number of halogens is 3. The van der Waals surface area contributed by atoms with E-state index in [0.717, 1.165) is 0 Å². The first-order valence-corrected chi connectivity index (χ1v) is 5.04. The minimum absolute atomic E-state index is 0.0423. The third-order valence-corrected chi connectivity index (χ3v) is 2.66. The molecule has 0 amide bonds. The topological polar surface area (TPSA) is 9.23 Å². The molecule has 0 aliphatic carbocycles. The summed E-state index contributed by atoms with van der Waals surface area (Å²) in [6.45, 7) is 0.442. The van der Waals surface area contributed by atoms with Crippen LogP contribution < -0.4 is 4.74 Å². The average Bonchev–Trinajstić information content (AvgIpc) is 2.53. The van der Waals surface area contributed by atoms with Crippen molar-refractivity contribution in [3.63, 3.8) is 0 Å². The molecule has 1 heterocycles. The molecule has 0 unspecified atom stereocenters. The van der Waals surface area contributed by atoms with Crippen molar-refractivity contribution in [3.05, 3.63) is 28.8 Å². The number of ether oxygens (including phenoxy) is 1. The third kappa shape index (κ3) is 1.33. The molecule has 0 saturated heterocycles. The first-order valence-electron chi connectivity index (χ1n) is 3.92. The van der Waals surface area contributed by atoms with Crippen molar-refractivity contribution in [2.24, 2.45) is 0 Å². The largest absolute Gasteiger partial charge is 0.490 e. The van der Waals surface area contributed by atoms with Crippen LogP contribution in [0.15, 0.2) is 6.07 Å². The Labute approximate surface area is 82.8 Å². The molecule has 0 aromatic heterocycles. The Morgan fingerprint density at radius 2 is 2.23 bits per heavy atom. The van der Waals surface area contributed by atoms with E-state index in [9.17, 15) is 8.78 Å². The second kappa shape index (κ2) is 3.25. The highest BCUT2D eigenvalue weighted by atomic mass is 79.9. The van der Waals surface area contributed by atoms with E-state index >= 15 is 0 Å². The van der Waals surface area contributed by atoms with Crippen LogP contribution in [-0.2, 0) is 11.8 Å². The minimum atomic E-state index is -0.565. The Balaban J connectivity index is 2.62. The molecule has 1 aliphatic heterocycles. The number of alkyl halides is 1. The summed E-state index contributed by atoms with van der Waals surface area (Å²) in [6, 6.07) is 1.35. The van der Waals surface area contributed by atoms with Gasteiger partial charge in [-0.2, -0.15) is 0 Å². The fourth-order valence-corrected chi connectivity index (χ4v) is 1.93. The maximum absolute atomic E-state index is 13.4. The quantitative estimate of drug-likeness (QED) is 0.695. The highest BCUT2D eigenvalue weighted by Gasteiger charge is 2.22. The lowest BCUT2D eigenvalue weighted by Gasteiger charge is -2.05. The van der Waals surface area contributed by atoms with Crippen LogP contribution in [0.4, 0.5) is 8.78 Å². The van der Waals surface area contributed by atoms with Gasteiger partial charge in [-0.1, -0.05) is 15.9 Å². The molecule has 1 aromatic rings. The van der Waals surface area contributed by atoms with Gasteiger partial charge in [0.15, 0.2) is 11.6 Å². The molecule has 0 bridgehead atoms. The molecule has 1 nitrogen and oxygen atoms in total. The van der Waals surface area contributed by atoms with Crippen molar-refractivity contribution < 1.29 is 13.5 Å². The van der Waals surface area contributed by atoms with E-state index in [1.807, 2.05) is 0 Å². The van der Waals surface area contributed by atoms with Crippen LogP contribution in [-0.4, -0.2) is 6.61 Å². The lowest BCUT2D eigenvalue weighted by Crippen LogP contribution is -1.96. The summed E-state index contributed by atoms with van der Waals surface area (Å²) in [6.07, 6.45) is 0.589. The van der Waals surface area contributed by atoms with Crippen LogP contribution in [0.2, 0.25) is 0 Å². The first kappa shape index (κ1) is 8.94. The van der Waals surface area contributed by atoms with Gasteiger partial charge in [0.25, 0.3) is 0 Å². The predicted octanol–water partition coefficient (Wildman–Crippen LogP) is 2.79. The van der Waals surface area contributed by atoms with Crippen LogP contribution in [0.5, 0.6) is 5.75 Å². The number of fused-ring (bicyclic) bond motifs is 1. The van der Waals surface area contributed by atoms with Crippen molar-refractivity contribution in [1.29, 1.82) is 0 Å². The molecule has 70 valence electrons. The van der Waals surface area contributed by atoms with Gasteiger partial charge < -0.3 is 4.74 Å². The van der Waals surface area contributed by atoms with E-state index in [1.165, 1.54) is 6.07 Å². The molecular weight excluding hydrogens is 242 g/mol. The fraction of sp³-hybridized carbons (Fsp3) is 0.333. The van der Waals surface area contributed by atoms with Crippen molar-refractivity contribution in [3.8, 4) is 5.75 Å². The van der Waals surface area contributed by atoms with Gasteiger partial charge in [0.1, 0.15) is 5.82 Å². The van der Waals surface area contributed by atoms with Crippen LogP contribution in [0.25, 0.3) is 0 Å². The van der Waals surface area contributed by atoms with Gasteiger partial charge in [0, 0.05) is 22.9 Å². The standard InChI is InChI=1S/C9H7BrF2O/c10-4-6-7(11)3-5-1-2-13-9(5)8(6)12/h3H,1-2,4H2. The lowest BCUT2D eigenvalue weighted by molar-refractivity contribution is 0.337. The Morgan fingerprint density at radius 1 is 1.46 bits per heavy atom. The summed E-state index contributed by atoms with van der Waals surface area (Å²) in [5, 5.41) is 0.168. The molecule has 1 aromatic carbocycles. The first-order chi connectivity index (χ1) is 6.24. The van der Waals surface area contributed by atoms with Gasteiger partial charge in [-0.25, -0.2) is 8.78 Å². The van der Waals surface area contributed by atoms with Crippen LogP contribution in [0.3, 0.4) is 0 Å². The number of hydrogen-bond donors (Lipinski definition) is 0. The van der Waals surface area contributed by atoms with E-state index in [2.05, 4.69) is 15.9 Å². The molecule has 0 atom stereocenters. The van der Waals surface area contributed by atoms with E-state index < -0.39 is 11.6 Å². The summed E-state index contributed by atoms with van der Waals surface area (Å²) in [5.74, 6) is -0.848. The van der Waals surface area contributed by atoms with Gasteiger partial charge in [-0.15, -0.1) is 0 Å². The Bertz CT molecular complexity index is 348. The molecule has 0 spiro atoms. The zero-order valence-corrected chi connectivity index (χ0v) is 8.33. The zero-order valence-electron chi connectivity index (χ0n) is 6.74. The summed E-state index contributed by atoms with van der Waals surface area (Å²) >= 11 is 3.03. The molecule has 1 aliphatic rings. The van der Waals surface area contributed by atoms with Crippen molar-refractivity contribution in [2.75, 3.05) is 6.61 Å². The van der Waals surface area contributed by atoms with E-state index in [1.54, 1.807) is 0 Å². The van der Waals surface area contributed by atoms with Crippen molar-refractivity contribution >= 4 is 15.9 Å². The molecule has 13 heavy (non-hydrogen) atoms. The summed E-state index contributed by atoms with van der Waals surface area (Å²) in [7, 11) is 0. The Hall–Kier alpha value is -0.640. The Kier molecular flexibility index (Phi) is 2.24. The highest BCUT2D eigenvalue weighted by Crippen LogP contribution is 2.33. The second-order valence-electron chi connectivity index (χ2n) is 2.87. The minimum Gasteiger partial charge on any atom is -0.490 e. The summed E-state index contributed by atoms with van der Waals surface area (Å²) < 4.78 is 31.7.